The van der Waals surface area contributed by atoms with Gasteiger partial charge in [-0.15, -0.1) is 0 Å². The third-order valence-corrected chi connectivity index (χ3v) is 2.54. The predicted molar refractivity (Wildman–Crippen MR) is 59.1 cm³/mol. The molecule has 0 bridgehead atoms. The third-order valence-electron chi connectivity index (χ3n) is 2.54. The Labute approximate surface area is 83.5 Å². The van der Waals surface area contributed by atoms with E-state index in [4.69, 9.17) is 5.73 Å². The van der Waals surface area contributed by atoms with E-state index in [9.17, 15) is 0 Å². The predicted octanol–water partition coefficient (Wildman–Crippen LogP) is 1.30. The Morgan fingerprint density at radius 1 is 1.21 bits per heavy atom. The molecule has 0 radical (unpaired) electrons. The highest BCUT2D eigenvalue weighted by Crippen LogP contribution is 2.15. The van der Waals surface area contributed by atoms with Crippen molar-refractivity contribution in [2.24, 2.45) is 0 Å². The van der Waals surface area contributed by atoms with Crippen LogP contribution in [0.3, 0.4) is 0 Å². The van der Waals surface area contributed by atoms with Gasteiger partial charge in [0.1, 0.15) is 0 Å². The summed E-state index contributed by atoms with van der Waals surface area (Å²) in [4.78, 5) is 2.09. The van der Waals surface area contributed by atoms with Gasteiger partial charge in [-0.3, -0.25) is 5.01 Å². The van der Waals surface area contributed by atoms with Crippen LogP contribution in [-0.2, 0) is 0 Å². The highest BCUT2D eigenvalue weighted by Gasteiger charge is 2.06. The molecule has 0 amide bonds. The molecular formula is C10H16N4. The normalized spacial score (nSPS) is 11.0. The van der Waals surface area contributed by atoms with Crippen LogP contribution in [0, 0.1) is 0 Å². The fourth-order valence-corrected chi connectivity index (χ4v) is 1.75. The van der Waals surface area contributed by atoms with Crippen LogP contribution in [0.5, 0.6) is 0 Å². The Balaban J connectivity index is 2.51. The Kier molecular flexibility index (Phi) is 2.11. The van der Waals surface area contributed by atoms with E-state index in [0.717, 1.165) is 24.3 Å². The number of anilines is 1. The molecule has 0 unspecified atom stereocenters. The number of hydrogen-bond donors (Lipinski definition) is 1. The van der Waals surface area contributed by atoms with Gasteiger partial charge >= 0.3 is 0 Å². The van der Waals surface area contributed by atoms with Crippen molar-refractivity contribution >= 4 is 11.2 Å². The number of rotatable bonds is 3. The fraction of sp³-hybridized carbons (Fsp3) is 0.400. The zero-order chi connectivity index (χ0) is 10.1. The molecule has 0 fully saturated rings. The summed E-state index contributed by atoms with van der Waals surface area (Å²) < 4.78 is 2.06. The molecule has 0 saturated carbocycles. The van der Waals surface area contributed by atoms with Crippen molar-refractivity contribution in [3.63, 3.8) is 0 Å². The molecule has 0 aliphatic rings. The molecule has 0 aromatic carbocycles. The first-order valence-corrected chi connectivity index (χ1v) is 4.97. The van der Waals surface area contributed by atoms with Gasteiger partial charge in [-0.1, -0.05) is 0 Å². The molecule has 2 rings (SSSR count). The Morgan fingerprint density at radius 3 is 2.57 bits per heavy atom. The summed E-state index contributed by atoms with van der Waals surface area (Å²) in [6.45, 7) is 6.25. The molecule has 0 atom stereocenters. The first kappa shape index (κ1) is 8.99. The van der Waals surface area contributed by atoms with E-state index in [-0.39, 0.29) is 0 Å². The van der Waals surface area contributed by atoms with Crippen LogP contribution < -0.4 is 10.7 Å². The molecule has 0 saturated heterocycles. The summed E-state index contributed by atoms with van der Waals surface area (Å²) in [7, 11) is 0. The Morgan fingerprint density at radius 2 is 1.93 bits per heavy atom. The number of nitrogens with two attached hydrogens (primary N) is 1. The summed E-state index contributed by atoms with van der Waals surface area (Å²) in [5, 5.41) is 2.23. The molecule has 76 valence electrons. The van der Waals surface area contributed by atoms with E-state index in [2.05, 4.69) is 28.2 Å². The molecule has 4 nitrogen and oxygen atoms in total. The largest absolute Gasteiger partial charge is 0.397 e. The lowest BCUT2D eigenvalue weighted by molar-refractivity contribution is 0.531. The van der Waals surface area contributed by atoms with Crippen LogP contribution in [0.1, 0.15) is 13.8 Å². The highest BCUT2D eigenvalue weighted by molar-refractivity contribution is 5.69. The first-order valence-electron chi connectivity index (χ1n) is 4.97. The molecule has 2 aromatic rings. The fourth-order valence-electron chi connectivity index (χ4n) is 1.75. The van der Waals surface area contributed by atoms with Gasteiger partial charge in [0.05, 0.1) is 11.2 Å². The van der Waals surface area contributed by atoms with Crippen LogP contribution in [-0.4, -0.2) is 22.4 Å². The second-order valence-corrected chi connectivity index (χ2v) is 3.28. The van der Waals surface area contributed by atoms with Crippen molar-refractivity contribution in [2.45, 2.75) is 13.8 Å². The summed E-state index contributed by atoms with van der Waals surface area (Å²) >= 11 is 0. The lowest BCUT2D eigenvalue weighted by atomic mass is 10.4. The molecule has 2 heterocycles. The number of aromatic nitrogens is 2. The minimum absolute atomic E-state index is 0.830. The van der Waals surface area contributed by atoms with E-state index < -0.39 is 0 Å². The van der Waals surface area contributed by atoms with Crippen LogP contribution in [0.15, 0.2) is 24.5 Å². The molecule has 4 heteroatoms. The number of nitrogens with zero attached hydrogens (tertiary/aromatic N) is 3. The standard InChI is InChI=1S/C10H16N4/c1-3-12(4-2)14-8-6-10-9(11)5-7-13(10)14/h5-8H,3-4,11H2,1-2H3. The van der Waals surface area contributed by atoms with E-state index in [1.54, 1.807) is 0 Å². The van der Waals surface area contributed by atoms with Gasteiger partial charge < -0.3 is 5.73 Å². The second kappa shape index (κ2) is 3.29. The average molecular weight is 192 g/mol. The van der Waals surface area contributed by atoms with Crippen molar-refractivity contribution in [3.05, 3.63) is 24.5 Å². The van der Waals surface area contributed by atoms with Crippen molar-refractivity contribution in [2.75, 3.05) is 23.8 Å². The minimum atomic E-state index is 0.830. The van der Waals surface area contributed by atoms with Crippen molar-refractivity contribution in [1.29, 1.82) is 0 Å². The minimum Gasteiger partial charge on any atom is -0.397 e. The second-order valence-electron chi connectivity index (χ2n) is 3.28. The van der Waals surface area contributed by atoms with Crippen LogP contribution >= 0.6 is 0 Å². The van der Waals surface area contributed by atoms with Crippen LogP contribution in [0.2, 0.25) is 0 Å². The maximum atomic E-state index is 5.82. The van der Waals surface area contributed by atoms with E-state index in [1.165, 1.54) is 0 Å². The van der Waals surface area contributed by atoms with Gasteiger partial charge in [0.15, 0.2) is 0 Å². The summed E-state index contributed by atoms with van der Waals surface area (Å²) in [6, 6.07) is 3.96. The third kappa shape index (κ3) is 1.14. The molecule has 0 spiro atoms. The molecule has 2 N–H and O–H groups in total. The summed E-state index contributed by atoms with van der Waals surface area (Å²) in [6.07, 6.45) is 4.03. The van der Waals surface area contributed by atoms with Crippen LogP contribution in [0.25, 0.3) is 5.52 Å². The lowest BCUT2D eigenvalue weighted by Gasteiger charge is -2.22. The zero-order valence-corrected chi connectivity index (χ0v) is 8.64. The van der Waals surface area contributed by atoms with Gasteiger partial charge in [-0.25, -0.2) is 9.31 Å². The summed E-state index contributed by atoms with van der Waals surface area (Å²) in [5.74, 6) is 0. The quantitative estimate of drug-likeness (QED) is 0.796. The zero-order valence-electron chi connectivity index (χ0n) is 8.64. The Bertz CT molecular complexity index is 422. The van der Waals surface area contributed by atoms with Gasteiger partial charge in [-0.2, -0.15) is 0 Å². The van der Waals surface area contributed by atoms with Gasteiger partial charge in [0, 0.05) is 25.5 Å². The smallest absolute Gasteiger partial charge is 0.0890 e. The SMILES string of the molecule is CCN(CC)n1ccc2c(N)ccn21. The van der Waals surface area contributed by atoms with Gasteiger partial charge in [0.25, 0.3) is 0 Å². The topological polar surface area (TPSA) is 38.6 Å². The molecule has 14 heavy (non-hydrogen) atoms. The van der Waals surface area contributed by atoms with Crippen molar-refractivity contribution < 1.29 is 0 Å². The van der Waals surface area contributed by atoms with E-state index >= 15 is 0 Å². The maximum absolute atomic E-state index is 5.82. The molecule has 0 aliphatic heterocycles. The monoisotopic (exact) mass is 192 g/mol. The van der Waals surface area contributed by atoms with Gasteiger partial charge in [-0.05, 0) is 26.0 Å². The molecular weight excluding hydrogens is 176 g/mol. The summed E-state index contributed by atoms with van der Waals surface area (Å²) in [5.41, 5.74) is 7.72. The number of hydrogen-bond acceptors (Lipinski definition) is 2. The van der Waals surface area contributed by atoms with Gasteiger partial charge in [0.2, 0.25) is 0 Å². The van der Waals surface area contributed by atoms with Crippen molar-refractivity contribution in [1.82, 2.24) is 9.31 Å². The van der Waals surface area contributed by atoms with Crippen molar-refractivity contribution in [3.8, 4) is 0 Å². The maximum Gasteiger partial charge on any atom is 0.0890 e. The average Bonchev–Trinajstić information content (AvgIpc) is 2.74. The number of fused-ring (bicyclic) bond motifs is 1. The Hall–Kier alpha value is -1.58. The number of nitrogen functional groups attached to an aromatic ring is 1. The lowest BCUT2D eigenvalue weighted by Crippen LogP contribution is -2.35. The van der Waals surface area contributed by atoms with E-state index in [0.29, 0.717) is 0 Å². The molecule has 2 aromatic heterocycles. The first-order chi connectivity index (χ1) is 6.77. The van der Waals surface area contributed by atoms with Crippen LogP contribution in [0.4, 0.5) is 5.69 Å². The van der Waals surface area contributed by atoms with E-state index in [1.807, 2.05) is 24.5 Å². The molecule has 0 aliphatic carbocycles. The highest BCUT2D eigenvalue weighted by atomic mass is 15.7.